The van der Waals surface area contributed by atoms with Crippen LogP contribution in [0, 0.1) is 37.5 Å². The zero-order valence-corrected chi connectivity index (χ0v) is 95.2. The fourth-order valence-corrected chi connectivity index (χ4v) is 27.3. The van der Waals surface area contributed by atoms with Crippen molar-refractivity contribution in [2.45, 2.75) is 455 Å². The molecular weight excluding hydrogens is 1930 g/mol. The predicted molar refractivity (Wildman–Crippen MR) is 592 cm³/mol. The number of hydrogen-bond acceptors (Lipinski definition) is 16. The van der Waals surface area contributed by atoms with Crippen LogP contribution in [0.15, 0.2) is 90.9 Å². The van der Waals surface area contributed by atoms with E-state index in [-0.39, 0.29) is 23.6 Å². The standard InChI is InChI=1S/C58H94B2N2O6S2.C51H77N3O2S3.C3HBr2NS/c1-13-17-21-25-27-31-35-43(33-29-23-19-15-3)41-61-51(45-37-39-47(69-45)59-65-55(5,6)56(7,8)66-59)49-50(53(61)63)52(46-38-40-48(70-46)60-67-57(9,10)58(11,12)68-60)62(54(49)64)42-44(34-30-24-20-16-4)36-32-28-26-22-18-14-2;1-7-11-15-19-21-25-29-40(27-23-17-13-9-3)36-53-48(43-32-31-38(5)57-43)46-47(51(53)56)49(44-34-33-42(59-44)45-35-52-39(6)58-45)54(50(46)55)37-41(28-24-18-14-10-4)30-26-22-20-16-12-8-2;4-2-1-6-3(5)7-2/h37-40,43-44H,13-36,41-42H2,1-12H3;31-35,40-41H,7-30,36-37H2,1-6H3;1H. The van der Waals surface area contributed by atoms with Crippen LogP contribution in [0.1, 0.15) is 448 Å². The monoisotopic (exact) mass is 2100 g/mol. The van der Waals surface area contributed by atoms with Crippen molar-refractivity contribution >= 4 is 170 Å². The van der Waals surface area contributed by atoms with Gasteiger partial charge in [0.05, 0.1) is 107 Å². The average Bonchev–Trinajstić information content (AvgIpc) is 1.55. The number of thiophene rings is 4. The van der Waals surface area contributed by atoms with Crippen molar-refractivity contribution in [3.05, 3.63) is 120 Å². The third kappa shape index (κ3) is 31.9. The van der Waals surface area contributed by atoms with Crippen molar-refractivity contribution < 1.29 is 37.8 Å². The van der Waals surface area contributed by atoms with Gasteiger partial charge in [-0.15, -0.1) is 68.0 Å². The lowest BCUT2D eigenvalue weighted by Gasteiger charge is -2.32. The quantitative estimate of drug-likeness (QED) is 0.0267. The summed E-state index contributed by atoms with van der Waals surface area (Å²) in [7, 11) is -1.06. The third-order valence-electron chi connectivity index (χ3n) is 29.7. The first kappa shape index (κ1) is 114. The van der Waals surface area contributed by atoms with Crippen LogP contribution in [0.2, 0.25) is 0 Å². The molecule has 0 radical (unpaired) electrons. The van der Waals surface area contributed by atoms with Gasteiger partial charge in [-0.2, -0.15) is 0 Å². The zero-order valence-electron chi connectivity index (χ0n) is 87.2. The topological polar surface area (TPSA) is 144 Å². The van der Waals surface area contributed by atoms with Crippen molar-refractivity contribution in [2.75, 3.05) is 26.2 Å². The van der Waals surface area contributed by atoms with E-state index in [1.807, 2.05) is 16.0 Å². The number of unbranched alkanes of at least 4 members (excludes halogenated alkanes) is 32. The molecule has 0 saturated carbocycles. The molecule has 0 bridgehead atoms. The van der Waals surface area contributed by atoms with Gasteiger partial charge in [0.2, 0.25) is 0 Å². The Hall–Kier alpha value is -4.17. The first-order valence-electron chi connectivity index (χ1n) is 54.0. The summed E-state index contributed by atoms with van der Waals surface area (Å²) in [6.07, 6.45) is 62.3. The highest BCUT2D eigenvalue weighted by Gasteiger charge is 2.57. The fraction of sp³-hybridized carbons (Fsp3) is 0.696. The van der Waals surface area contributed by atoms with Crippen molar-refractivity contribution in [1.82, 2.24) is 29.6 Å². The van der Waals surface area contributed by atoms with E-state index >= 15 is 19.2 Å². The second-order valence-electron chi connectivity index (χ2n) is 42.0. The molecular formula is C112H172B2Br2N6O8S6. The van der Waals surface area contributed by atoms with Crippen molar-refractivity contribution in [3.8, 4) is 9.75 Å². The highest BCUT2D eigenvalue weighted by Crippen LogP contribution is 2.54. The molecule has 2 fully saturated rings. The van der Waals surface area contributed by atoms with Crippen molar-refractivity contribution in [2.24, 2.45) is 23.7 Å². The maximum atomic E-state index is 15.9. The second kappa shape index (κ2) is 57.5. The molecule has 0 N–H and O–H groups in total. The minimum absolute atomic E-state index is 0.0346. The van der Waals surface area contributed by atoms with E-state index in [0.29, 0.717) is 72.1 Å². The van der Waals surface area contributed by atoms with Gasteiger partial charge in [-0.05, 0) is 213 Å². The minimum Gasteiger partial charge on any atom is -0.399 e. The van der Waals surface area contributed by atoms with Crippen LogP contribution < -0.4 is 9.55 Å². The van der Waals surface area contributed by atoms with E-state index in [0.717, 1.165) is 151 Å². The first-order chi connectivity index (χ1) is 65.5. The Balaban J connectivity index is 0.000000265. The molecule has 0 aromatic carbocycles. The molecule has 2 saturated heterocycles. The molecule has 136 heavy (non-hydrogen) atoms. The third-order valence-corrected chi connectivity index (χ3v) is 37.1. The maximum Gasteiger partial charge on any atom is 0.505 e. The maximum absolute atomic E-state index is 15.9. The SMILES string of the molecule is Brc1cnc(Br)s1.CCCCCCCCC(CCCCCC)CN1C(=O)C2=C(c3ccc(-c4cnc(C)s4)s3)N(CC(CCCCCC)CCCCCCCC)C(=O)C2=C1c1ccc(C)s1.CCCCCCCCC(CCCCCC)CN1C(=O)C2=C(c3ccc(B4OC(C)(C)C(C)(C)O4)s3)N(CC(CCCCCC)CCCCCCCC)C(=O)C2=C1c1ccc(B2OC(C)(C)C(C)(C)O2)s1. The Labute approximate surface area is 865 Å². The number of fused-ring (bicyclic) bond motifs is 2. The van der Waals surface area contributed by atoms with Gasteiger partial charge in [-0.3, -0.25) is 19.2 Å². The molecule has 24 heteroatoms. The number of rotatable bonds is 63. The van der Waals surface area contributed by atoms with Gasteiger partial charge in [0.15, 0.2) is 3.92 Å². The fourth-order valence-electron chi connectivity index (χ4n) is 20.1. The van der Waals surface area contributed by atoms with Crippen molar-refractivity contribution in [1.29, 1.82) is 0 Å². The summed E-state index contributed by atoms with van der Waals surface area (Å²) in [5.74, 6) is 1.48. The molecule has 12 rings (SSSR count). The normalized spacial score (nSPS) is 17.6. The van der Waals surface area contributed by atoms with Gasteiger partial charge in [-0.1, -0.05) is 324 Å². The van der Waals surface area contributed by atoms with Crippen LogP contribution in [0.25, 0.3) is 32.5 Å². The molecule has 4 unspecified atom stereocenters. The molecule has 6 aromatic heterocycles. The predicted octanol–water partition coefficient (Wildman–Crippen LogP) is 33.6. The first-order valence-corrected chi connectivity index (χ1v) is 60.5. The molecule has 754 valence electrons. The van der Waals surface area contributed by atoms with E-state index in [1.165, 1.54) is 236 Å². The number of hydrogen-bond donors (Lipinski definition) is 0. The molecule has 0 spiro atoms. The number of amides is 4. The van der Waals surface area contributed by atoms with Gasteiger partial charge in [0, 0.05) is 51.7 Å². The smallest absolute Gasteiger partial charge is 0.399 e. The average molecular weight is 2100 g/mol. The molecule has 14 nitrogen and oxygen atoms in total. The minimum atomic E-state index is -0.532. The summed E-state index contributed by atoms with van der Waals surface area (Å²) in [6.45, 7) is 41.7. The highest BCUT2D eigenvalue weighted by molar-refractivity contribution is 9.12. The Kier molecular flexibility index (Phi) is 48.1. The Morgan fingerprint density at radius 2 is 0.544 bits per heavy atom. The molecule has 6 aliphatic heterocycles. The summed E-state index contributed by atoms with van der Waals surface area (Å²) >= 11 is 16.4. The van der Waals surface area contributed by atoms with Gasteiger partial charge in [-0.25, -0.2) is 9.97 Å². The molecule has 4 atom stereocenters. The van der Waals surface area contributed by atoms with E-state index in [2.05, 4.69) is 225 Å². The van der Waals surface area contributed by atoms with Gasteiger partial charge < -0.3 is 38.2 Å². The van der Waals surface area contributed by atoms with E-state index in [4.69, 9.17) is 18.6 Å². The number of carbonyl (C=O) groups is 4. The van der Waals surface area contributed by atoms with Gasteiger partial charge in [0.25, 0.3) is 23.6 Å². The van der Waals surface area contributed by atoms with Crippen LogP contribution in [0.5, 0.6) is 0 Å². The summed E-state index contributed by atoms with van der Waals surface area (Å²) in [4.78, 5) is 86.6. The summed E-state index contributed by atoms with van der Waals surface area (Å²) < 4.78 is 30.2. The van der Waals surface area contributed by atoms with E-state index in [1.54, 1.807) is 74.2 Å². The number of thiazole rings is 2. The lowest BCUT2D eigenvalue weighted by Crippen LogP contribution is -2.41. The number of aromatic nitrogens is 2. The van der Waals surface area contributed by atoms with E-state index in [9.17, 15) is 0 Å². The molecule has 12 heterocycles. The molecule has 4 amide bonds. The second-order valence-corrected chi connectivity index (χ2v) is 51.5. The Morgan fingerprint density at radius 1 is 0.294 bits per heavy atom. The van der Waals surface area contributed by atoms with Gasteiger partial charge in [0.1, 0.15) is 0 Å². The number of nitrogens with zero attached hydrogens (tertiary/aromatic N) is 6. The van der Waals surface area contributed by atoms with Crippen LogP contribution in [-0.2, 0) is 37.8 Å². The summed E-state index contributed by atoms with van der Waals surface area (Å²) in [5, 5.41) is 1.04. The highest BCUT2D eigenvalue weighted by atomic mass is 79.9. The Morgan fingerprint density at radius 3 is 0.787 bits per heavy atom. The molecule has 6 aliphatic rings. The number of aryl methyl sites for hydroxylation is 2. The Bertz CT molecular complexity index is 4600. The van der Waals surface area contributed by atoms with Crippen LogP contribution in [0.4, 0.5) is 0 Å². The number of carbonyl (C=O) groups excluding carboxylic acids is 4. The van der Waals surface area contributed by atoms with Crippen LogP contribution >= 0.6 is 99.9 Å². The largest absolute Gasteiger partial charge is 0.505 e. The lowest BCUT2D eigenvalue weighted by molar-refractivity contribution is -0.124. The zero-order chi connectivity index (χ0) is 98.0. The van der Waals surface area contributed by atoms with Crippen LogP contribution in [-0.4, -0.2) is 116 Å². The van der Waals surface area contributed by atoms with Crippen molar-refractivity contribution in [3.63, 3.8) is 0 Å². The lowest BCUT2D eigenvalue weighted by atomic mass is 9.88. The molecule has 6 aromatic rings. The van der Waals surface area contributed by atoms with Crippen LogP contribution in [0.3, 0.4) is 0 Å². The summed E-state index contributed by atoms with van der Waals surface area (Å²) in [5.41, 5.74) is 3.77. The van der Waals surface area contributed by atoms with Gasteiger partial charge >= 0.3 is 14.2 Å². The molecule has 0 aliphatic carbocycles. The van der Waals surface area contributed by atoms with E-state index < -0.39 is 36.6 Å². The number of halogens is 2. The summed E-state index contributed by atoms with van der Waals surface area (Å²) in [6, 6.07) is 17.1.